The fourth-order valence-electron chi connectivity index (χ4n) is 1.89. The van der Waals surface area contributed by atoms with Crippen LogP contribution < -0.4 is 10.2 Å². The number of anilines is 1. The van der Waals surface area contributed by atoms with Crippen molar-refractivity contribution >= 4 is 5.82 Å². The standard InChI is InChI=1S/C14H24N4/c1-3-4-5-8-18(2)14-11-16-13(10-17-14)9-15-12-6-7-12/h10-12,15H,3-9H2,1-2H3. The molecular formula is C14H24N4. The van der Waals surface area contributed by atoms with Gasteiger partial charge in [0.2, 0.25) is 0 Å². The molecule has 18 heavy (non-hydrogen) atoms. The maximum Gasteiger partial charge on any atom is 0.146 e. The summed E-state index contributed by atoms with van der Waals surface area (Å²) in [4.78, 5) is 11.1. The summed E-state index contributed by atoms with van der Waals surface area (Å²) in [5, 5.41) is 3.45. The molecule has 0 aromatic carbocycles. The van der Waals surface area contributed by atoms with Gasteiger partial charge in [0.15, 0.2) is 0 Å². The van der Waals surface area contributed by atoms with E-state index >= 15 is 0 Å². The fourth-order valence-corrected chi connectivity index (χ4v) is 1.89. The van der Waals surface area contributed by atoms with Crippen LogP contribution in [0.1, 0.15) is 44.7 Å². The summed E-state index contributed by atoms with van der Waals surface area (Å²) in [5.41, 5.74) is 1.03. The molecule has 4 nitrogen and oxygen atoms in total. The van der Waals surface area contributed by atoms with Crippen molar-refractivity contribution in [2.24, 2.45) is 0 Å². The van der Waals surface area contributed by atoms with Crippen molar-refractivity contribution in [1.82, 2.24) is 15.3 Å². The van der Waals surface area contributed by atoms with Crippen molar-refractivity contribution in [3.05, 3.63) is 18.1 Å². The van der Waals surface area contributed by atoms with Gasteiger partial charge in [-0.05, 0) is 19.3 Å². The molecule has 0 atom stereocenters. The Morgan fingerprint density at radius 2 is 2.11 bits per heavy atom. The largest absolute Gasteiger partial charge is 0.358 e. The number of nitrogens with one attached hydrogen (secondary N) is 1. The summed E-state index contributed by atoms with van der Waals surface area (Å²) in [6.07, 6.45) is 10.2. The van der Waals surface area contributed by atoms with Crippen LogP contribution in [0.4, 0.5) is 5.82 Å². The van der Waals surface area contributed by atoms with Gasteiger partial charge < -0.3 is 10.2 Å². The van der Waals surface area contributed by atoms with Crippen LogP contribution in [0.2, 0.25) is 0 Å². The van der Waals surface area contributed by atoms with E-state index in [4.69, 9.17) is 0 Å². The van der Waals surface area contributed by atoms with E-state index in [1.54, 1.807) is 0 Å². The molecule has 4 heteroatoms. The van der Waals surface area contributed by atoms with Crippen LogP contribution in [-0.4, -0.2) is 29.6 Å². The third kappa shape index (κ3) is 4.26. The third-order valence-corrected chi connectivity index (χ3v) is 3.33. The average Bonchev–Trinajstić information content (AvgIpc) is 3.21. The van der Waals surface area contributed by atoms with E-state index in [0.717, 1.165) is 30.6 Å². The molecule has 1 aliphatic rings. The van der Waals surface area contributed by atoms with Gasteiger partial charge in [0.25, 0.3) is 0 Å². The lowest BCUT2D eigenvalue weighted by Crippen LogP contribution is -2.21. The molecule has 0 aliphatic heterocycles. The Hall–Kier alpha value is -1.16. The Kier molecular flexibility index (Phi) is 4.93. The maximum absolute atomic E-state index is 4.48. The molecule has 2 rings (SSSR count). The lowest BCUT2D eigenvalue weighted by Gasteiger charge is -2.17. The highest BCUT2D eigenvalue weighted by Gasteiger charge is 2.20. The first-order valence-corrected chi connectivity index (χ1v) is 7.05. The Bertz CT molecular complexity index is 345. The molecular weight excluding hydrogens is 224 g/mol. The van der Waals surface area contributed by atoms with E-state index in [1.807, 2.05) is 12.4 Å². The minimum atomic E-state index is 0.725. The predicted molar refractivity (Wildman–Crippen MR) is 74.7 cm³/mol. The minimum absolute atomic E-state index is 0.725. The Labute approximate surface area is 110 Å². The molecule has 1 aromatic heterocycles. The van der Waals surface area contributed by atoms with E-state index < -0.39 is 0 Å². The molecule has 1 fully saturated rings. The smallest absolute Gasteiger partial charge is 0.146 e. The van der Waals surface area contributed by atoms with Crippen LogP contribution in [0, 0.1) is 0 Å². The van der Waals surface area contributed by atoms with Crippen LogP contribution in [-0.2, 0) is 6.54 Å². The highest BCUT2D eigenvalue weighted by atomic mass is 15.2. The second kappa shape index (κ2) is 6.69. The second-order valence-electron chi connectivity index (χ2n) is 5.15. The van der Waals surface area contributed by atoms with Crippen LogP contribution in [0.3, 0.4) is 0 Å². The third-order valence-electron chi connectivity index (χ3n) is 3.33. The Morgan fingerprint density at radius 1 is 1.28 bits per heavy atom. The molecule has 0 saturated heterocycles. The zero-order valence-corrected chi connectivity index (χ0v) is 11.5. The van der Waals surface area contributed by atoms with Crippen LogP contribution in [0.5, 0.6) is 0 Å². The molecule has 1 aromatic rings. The van der Waals surface area contributed by atoms with E-state index in [1.165, 1.54) is 32.1 Å². The molecule has 0 bridgehead atoms. The molecule has 1 N–H and O–H groups in total. The van der Waals surface area contributed by atoms with Crippen LogP contribution in [0.25, 0.3) is 0 Å². The first-order chi connectivity index (χ1) is 8.79. The highest BCUT2D eigenvalue weighted by molar-refractivity contribution is 5.34. The molecule has 100 valence electrons. The summed E-state index contributed by atoms with van der Waals surface area (Å²) < 4.78 is 0. The molecule has 1 saturated carbocycles. The lowest BCUT2D eigenvalue weighted by molar-refractivity contribution is 0.669. The quantitative estimate of drug-likeness (QED) is 0.717. The first-order valence-electron chi connectivity index (χ1n) is 7.05. The SMILES string of the molecule is CCCCCN(C)c1cnc(CNC2CC2)cn1. The summed E-state index contributed by atoms with van der Waals surface area (Å²) in [5.74, 6) is 0.973. The number of aromatic nitrogens is 2. The molecule has 0 unspecified atom stereocenters. The minimum Gasteiger partial charge on any atom is -0.358 e. The van der Waals surface area contributed by atoms with Gasteiger partial charge >= 0.3 is 0 Å². The number of hydrogen-bond acceptors (Lipinski definition) is 4. The Balaban J connectivity index is 1.77. The van der Waals surface area contributed by atoms with Crippen LogP contribution in [0.15, 0.2) is 12.4 Å². The molecule has 0 radical (unpaired) electrons. The molecule has 0 spiro atoms. The predicted octanol–water partition coefficient (Wildman–Crippen LogP) is 2.36. The Morgan fingerprint density at radius 3 is 2.72 bits per heavy atom. The van der Waals surface area contributed by atoms with E-state index in [-0.39, 0.29) is 0 Å². The number of hydrogen-bond donors (Lipinski definition) is 1. The number of unbranched alkanes of at least 4 members (excludes halogenated alkanes) is 2. The van der Waals surface area contributed by atoms with E-state index in [2.05, 4.69) is 34.2 Å². The van der Waals surface area contributed by atoms with Gasteiger partial charge in [-0.1, -0.05) is 19.8 Å². The van der Waals surface area contributed by atoms with Crippen molar-refractivity contribution < 1.29 is 0 Å². The average molecular weight is 248 g/mol. The summed E-state index contributed by atoms with van der Waals surface area (Å²) >= 11 is 0. The van der Waals surface area contributed by atoms with E-state index in [9.17, 15) is 0 Å². The summed E-state index contributed by atoms with van der Waals surface area (Å²) in [6.45, 7) is 4.13. The van der Waals surface area contributed by atoms with Gasteiger partial charge in [0.05, 0.1) is 18.1 Å². The van der Waals surface area contributed by atoms with Gasteiger partial charge in [-0.3, -0.25) is 4.98 Å². The van der Waals surface area contributed by atoms with Crippen LogP contribution >= 0.6 is 0 Å². The van der Waals surface area contributed by atoms with Gasteiger partial charge in [0, 0.05) is 26.2 Å². The van der Waals surface area contributed by atoms with Crippen molar-refractivity contribution in [2.45, 2.75) is 51.6 Å². The van der Waals surface area contributed by atoms with Gasteiger partial charge in [-0.15, -0.1) is 0 Å². The van der Waals surface area contributed by atoms with Crippen molar-refractivity contribution in [3.63, 3.8) is 0 Å². The zero-order chi connectivity index (χ0) is 12.8. The molecule has 0 amide bonds. The number of rotatable bonds is 8. The maximum atomic E-state index is 4.48. The highest BCUT2D eigenvalue weighted by Crippen LogP contribution is 2.19. The monoisotopic (exact) mass is 248 g/mol. The molecule has 1 aliphatic carbocycles. The summed E-state index contributed by atoms with van der Waals surface area (Å²) in [6, 6.07) is 0.725. The van der Waals surface area contributed by atoms with Gasteiger partial charge in [0.1, 0.15) is 5.82 Å². The normalized spacial score (nSPS) is 14.8. The lowest BCUT2D eigenvalue weighted by atomic mass is 10.2. The molecule has 1 heterocycles. The van der Waals surface area contributed by atoms with Crippen molar-refractivity contribution in [2.75, 3.05) is 18.5 Å². The summed E-state index contributed by atoms with van der Waals surface area (Å²) in [7, 11) is 2.09. The second-order valence-corrected chi connectivity index (χ2v) is 5.15. The van der Waals surface area contributed by atoms with Crippen molar-refractivity contribution in [1.29, 1.82) is 0 Å². The van der Waals surface area contributed by atoms with Gasteiger partial charge in [-0.2, -0.15) is 0 Å². The zero-order valence-electron chi connectivity index (χ0n) is 11.5. The van der Waals surface area contributed by atoms with Crippen molar-refractivity contribution in [3.8, 4) is 0 Å². The van der Waals surface area contributed by atoms with Gasteiger partial charge in [-0.25, -0.2) is 4.98 Å². The fraction of sp³-hybridized carbons (Fsp3) is 0.714. The number of nitrogens with zero attached hydrogens (tertiary/aromatic N) is 3. The van der Waals surface area contributed by atoms with E-state index in [0.29, 0.717) is 0 Å². The topological polar surface area (TPSA) is 41.1 Å². The first kappa shape index (κ1) is 13.3.